The molecule has 1 heterocycles. The maximum absolute atomic E-state index is 12.3. The summed E-state index contributed by atoms with van der Waals surface area (Å²) in [5.74, 6) is 1.11. The standard InChI is InChI=1S/C13H21NO3S/c1-9(2)12-10(15)6-13(7-11(12)17-18)4-5-14(3)16-8-13/h9,18H,4-8H2,1-3H3. The van der Waals surface area contributed by atoms with E-state index in [2.05, 4.69) is 12.9 Å². The Balaban J connectivity index is 2.24. The van der Waals surface area contributed by atoms with Crippen LogP contribution in [0.25, 0.3) is 0 Å². The summed E-state index contributed by atoms with van der Waals surface area (Å²) < 4.78 is 5.17. The SMILES string of the molecule is CC(C)C1=C(OS)CC2(CCN(C)OC2)CC1=O. The molecule has 5 heteroatoms. The van der Waals surface area contributed by atoms with Crippen LogP contribution in [0.1, 0.15) is 33.1 Å². The number of carbonyl (C=O) groups is 1. The molecule has 0 bridgehead atoms. The first kappa shape index (κ1) is 13.9. The molecular formula is C13H21NO3S. The number of ketones is 1. The van der Waals surface area contributed by atoms with Gasteiger partial charge in [-0.3, -0.25) is 9.63 Å². The summed E-state index contributed by atoms with van der Waals surface area (Å²) in [4.78, 5) is 17.9. The Morgan fingerprint density at radius 1 is 1.44 bits per heavy atom. The predicted molar refractivity (Wildman–Crippen MR) is 71.8 cm³/mol. The minimum Gasteiger partial charge on any atom is -0.433 e. The molecule has 1 aliphatic heterocycles. The van der Waals surface area contributed by atoms with E-state index < -0.39 is 0 Å². The van der Waals surface area contributed by atoms with Gasteiger partial charge in [0.15, 0.2) is 5.78 Å². The Kier molecular flexibility index (Phi) is 4.04. The first-order valence-electron chi connectivity index (χ1n) is 6.39. The average Bonchev–Trinajstić information content (AvgIpc) is 2.32. The van der Waals surface area contributed by atoms with Crippen LogP contribution in [-0.2, 0) is 13.8 Å². The van der Waals surface area contributed by atoms with Gasteiger partial charge in [-0.05, 0) is 12.3 Å². The molecule has 0 radical (unpaired) electrons. The zero-order valence-electron chi connectivity index (χ0n) is 11.2. The average molecular weight is 271 g/mol. The Morgan fingerprint density at radius 3 is 2.67 bits per heavy atom. The first-order valence-corrected chi connectivity index (χ1v) is 6.76. The van der Waals surface area contributed by atoms with Crippen molar-refractivity contribution in [1.29, 1.82) is 0 Å². The van der Waals surface area contributed by atoms with E-state index in [9.17, 15) is 4.79 Å². The number of carbonyl (C=O) groups excluding carboxylic acids is 1. The fraction of sp³-hybridized carbons (Fsp3) is 0.769. The summed E-state index contributed by atoms with van der Waals surface area (Å²) in [7, 11) is 1.92. The fourth-order valence-electron chi connectivity index (χ4n) is 2.87. The van der Waals surface area contributed by atoms with Gasteiger partial charge in [-0.25, -0.2) is 0 Å². The number of allylic oxidation sites excluding steroid dienone is 2. The normalized spacial score (nSPS) is 30.4. The molecule has 0 amide bonds. The minimum absolute atomic E-state index is 0.0972. The topological polar surface area (TPSA) is 38.8 Å². The number of Topliss-reactive ketones (excluding diaryl/α,β-unsaturated/α-hetero) is 1. The lowest BCUT2D eigenvalue weighted by atomic mass is 9.70. The van der Waals surface area contributed by atoms with Gasteiger partial charge < -0.3 is 4.18 Å². The summed E-state index contributed by atoms with van der Waals surface area (Å²) in [5.41, 5.74) is 0.703. The quantitative estimate of drug-likeness (QED) is 0.618. The van der Waals surface area contributed by atoms with Crippen molar-refractivity contribution in [2.75, 3.05) is 20.2 Å². The number of hydroxylamine groups is 2. The van der Waals surface area contributed by atoms with Crippen LogP contribution in [0.3, 0.4) is 0 Å². The molecule has 1 atom stereocenters. The third-order valence-corrected chi connectivity index (χ3v) is 4.13. The lowest BCUT2D eigenvalue weighted by molar-refractivity contribution is -0.207. The van der Waals surface area contributed by atoms with Gasteiger partial charge in [-0.1, -0.05) is 13.8 Å². The molecule has 1 aliphatic carbocycles. The van der Waals surface area contributed by atoms with Crippen LogP contribution < -0.4 is 0 Å². The Hall–Kier alpha value is -0.520. The molecular weight excluding hydrogens is 250 g/mol. The van der Waals surface area contributed by atoms with Crippen LogP contribution in [0.4, 0.5) is 0 Å². The van der Waals surface area contributed by atoms with Crippen molar-refractivity contribution < 1.29 is 13.8 Å². The fourth-order valence-corrected chi connectivity index (χ4v) is 3.04. The minimum atomic E-state index is -0.0972. The molecule has 4 nitrogen and oxygen atoms in total. The van der Waals surface area contributed by atoms with E-state index in [4.69, 9.17) is 9.02 Å². The van der Waals surface area contributed by atoms with Crippen molar-refractivity contribution in [3.05, 3.63) is 11.3 Å². The summed E-state index contributed by atoms with van der Waals surface area (Å²) in [6, 6.07) is 0. The van der Waals surface area contributed by atoms with Crippen LogP contribution in [0, 0.1) is 11.3 Å². The van der Waals surface area contributed by atoms with Crippen LogP contribution in [0.2, 0.25) is 0 Å². The maximum atomic E-state index is 12.3. The van der Waals surface area contributed by atoms with Gasteiger partial charge in [0, 0.05) is 50.3 Å². The maximum Gasteiger partial charge on any atom is 0.163 e. The van der Waals surface area contributed by atoms with Crippen molar-refractivity contribution >= 4 is 18.7 Å². The Morgan fingerprint density at radius 2 is 2.17 bits per heavy atom. The second-order valence-corrected chi connectivity index (χ2v) is 5.92. The van der Waals surface area contributed by atoms with Gasteiger partial charge in [0.05, 0.1) is 6.61 Å². The molecule has 0 aromatic heterocycles. The van der Waals surface area contributed by atoms with Crippen LogP contribution in [-0.4, -0.2) is 31.0 Å². The number of nitrogens with zero attached hydrogens (tertiary/aromatic N) is 1. The van der Waals surface area contributed by atoms with E-state index in [1.807, 2.05) is 26.0 Å². The number of hydrogen-bond acceptors (Lipinski definition) is 5. The van der Waals surface area contributed by atoms with Gasteiger partial charge in [-0.15, -0.1) is 0 Å². The second kappa shape index (κ2) is 5.23. The summed E-state index contributed by atoms with van der Waals surface area (Å²) in [5, 5.41) is 1.83. The lowest BCUT2D eigenvalue weighted by Crippen LogP contribution is -2.44. The van der Waals surface area contributed by atoms with Gasteiger partial charge in [-0.2, -0.15) is 5.06 Å². The van der Waals surface area contributed by atoms with E-state index in [1.54, 1.807) is 0 Å². The largest absolute Gasteiger partial charge is 0.433 e. The first-order chi connectivity index (χ1) is 8.47. The Labute approximate surface area is 114 Å². The molecule has 0 saturated carbocycles. The molecule has 102 valence electrons. The van der Waals surface area contributed by atoms with E-state index in [1.165, 1.54) is 0 Å². The van der Waals surface area contributed by atoms with Crippen LogP contribution in [0.5, 0.6) is 0 Å². The zero-order valence-corrected chi connectivity index (χ0v) is 12.1. The third kappa shape index (κ3) is 2.58. The van der Waals surface area contributed by atoms with Crippen LogP contribution in [0.15, 0.2) is 11.3 Å². The van der Waals surface area contributed by atoms with E-state index in [0.29, 0.717) is 13.0 Å². The summed E-state index contributed by atoms with van der Waals surface area (Å²) in [6.07, 6.45) is 2.28. The van der Waals surface area contributed by atoms with Crippen molar-refractivity contribution in [2.24, 2.45) is 11.3 Å². The summed E-state index contributed by atoms with van der Waals surface area (Å²) in [6.45, 7) is 5.47. The monoisotopic (exact) mass is 271 g/mol. The highest BCUT2D eigenvalue weighted by molar-refractivity contribution is 7.75. The molecule has 1 fully saturated rings. The second-order valence-electron chi connectivity index (χ2n) is 5.73. The molecule has 0 N–H and O–H groups in total. The van der Waals surface area contributed by atoms with Crippen LogP contribution >= 0.6 is 12.9 Å². The molecule has 1 unspecified atom stereocenters. The van der Waals surface area contributed by atoms with Crippen molar-refractivity contribution in [3.63, 3.8) is 0 Å². The van der Waals surface area contributed by atoms with E-state index >= 15 is 0 Å². The Bertz CT molecular complexity index is 370. The van der Waals surface area contributed by atoms with Gasteiger partial charge in [0.2, 0.25) is 0 Å². The molecule has 2 aliphatic rings. The number of hydrogen-bond donors (Lipinski definition) is 1. The summed E-state index contributed by atoms with van der Waals surface area (Å²) >= 11 is 3.92. The van der Waals surface area contributed by atoms with E-state index in [-0.39, 0.29) is 17.1 Å². The molecule has 2 rings (SSSR count). The highest BCUT2D eigenvalue weighted by atomic mass is 32.1. The highest BCUT2D eigenvalue weighted by Crippen LogP contribution is 2.44. The van der Waals surface area contributed by atoms with Crippen molar-refractivity contribution in [1.82, 2.24) is 5.06 Å². The van der Waals surface area contributed by atoms with E-state index in [0.717, 1.165) is 30.7 Å². The van der Waals surface area contributed by atoms with Gasteiger partial charge in [0.25, 0.3) is 0 Å². The molecule has 18 heavy (non-hydrogen) atoms. The lowest BCUT2D eigenvalue weighted by Gasteiger charge is -2.42. The number of thiol groups is 1. The molecule has 1 spiro atoms. The highest BCUT2D eigenvalue weighted by Gasteiger charge is 2.43. The molecule has 1 saturated heterocycles. The van der Waals surface area contributed by atoms with Crippen molar-refractivity contribution in [2.45, 2.75) is 33.1 Å². The predicted octanol–water partition coefficient (Wildman–Crippen LogP) is 2.37. The van der Waals surface area contributed by atoms with Crippen molar-refractivity contribution in [3.8, 4) is 0 Å². The molecule has 0 aromatic rings. The van der Waals surface area contributed by atoms with Gasteiger partial charge in [0.1, 0.15) is 5.76 Å². The zero-order chi connectivity index (χ0) is 13.3. The molecule has 0 aromatic carbocycles. The van der Waals surface area contributed by atoms with Gasteiger partial charge >= 0.3 is 0 Å². The third-order valence-electron chi connectivity index (χ3n) is 3.91. The number of rotatable bonds is 2. The smallest absolute Gasteiger partial charge is 0.163 e.